The summed E-state index contributed by atoms with van der Waals surface area (Å²) in [4.78, 5) is 16.3. The second kappa shape index (κ2) is 9.01. The summed E-state index contributed by atoms with van der Waals surface area (Å²) in [5, 5.41) is 0. The second-order valence-corrected chi connectivity index (χ2v) is 7.58. The van der Waals surface area contributed by atoms with Gasteiger partial charge in [-0.3, -0.25) is 4.79 Å². The van der Waals surface area contributed by atoms with Crippen molar-refractivity contribution in [1.29, 1.82) is 0 Å². The Hall–Kier alpha value is -1.43. The Morgan fingerprint density at radius 2 is 2.09 bits per heavy atom. The van der Waals surface area contributed by atoms with Crippen LogP contribution in [0.2, 0.25) is 4.34 Å². The minimum Gasteiger partial charge on any atom is -0.497 e. The first-order valence-electron chi connectivity index (χ1n) is 7.02. The largest absolute Gasteiger partial charge is 0.497 e. The van der Waals surface area contributed by atoms with Crippen molar-refractivity contribution >= 4 is 40.6 Å². The molecule has 3 nitrogen and oxygen atoms in total. The average molecular weight is 368 g/mol. The first kappa shape index (κ1) is 17.9. The van der Waals surface area contributed by atoms with E-state index in [4.69, 9.17) is 16.3 Å². The molecule has 23 heavy (non-hydrogen) atoms. The third-order valence-corrected chi connectivity index (χ3v) is 5.31. The van der Waals surface area contributed by atoms with Gasteiger partial charge in [0.1, 0.15) is 5.75 Å². The Bertz CT molecular complexity index is 655. The van der Waals surface area contributed by atoms with Crippen LogP contribution >= 0.6 is 34.7 Å². The molecule has 1 aromatic heterocycles. The molecule has 0 aliphatic carbocycles. The van der Waals surface area contributed by atoms with Crippen LogP contribution in [-0.2, 0) is 11.3 Å². The highest BCUT2D eigenvalue weighted by Gasteiger charge is 2.14. The van der Waals surface area contributed by atoms with E-state index in [1.54, 1.807) is 18.1 Å². The minimum absolute atomic E-state index is 0.0789. The van der Waals surface area contributed by atoms with Crippen LogP contribution in [0.15, 0.2) is 53.9 Å². The Balaban J connectivity index is 1.92. The van der Waals surface area contributed by atoms with Crippen molar-refractivity contribution in [2.75, 3.05) is 19.4 Å². The predicted octanol–water partition coefficient (Wildman–Crippen LogP) is 4.72. The van der Waals surface area contributed by atoms with E-state index in [0.29, 0.717) is 18.8 Å². The van der Waals surface area contributed by atoms with E-state index in [1.807, 2.05) is 36.4 Å². The van der Waals surface area contributed by atoms with Crippen molar-refractivity contribution in [2.24, 2.45) is 0 Å². The summed E-state index contributed by atoms with van der Waals surface area (Å²) in [5.41, 5.74) is 0. The van der Waals surface area contributed by atoms with Gasteiger partial charge in [0.2, 0.25) is 5.91 Å². The van der Waals surface area contributed by atoms with Crippen molar-refractivity contribution in [2.45, 2.75) is 11.4 Å². The minimum atomic E-state index is 0.0789. The van der Waals surface area contributed by atoms with Crippen LogP contribution < -0.4 is 4.74 Å². The van der Waals surface area contributed by atoms with Gasteiger partial charge in [0.25, 0.3) is 0 Å². The van der Waals surface area contributed by atoms with Crippen LogP contribution in [-0.4, -0.2) is 30.2 Å². The third kappa shape index (κ3) is 5.61. The number of methoxy groups -OCH3 is 1. The van der Waals surface area contributed by atoms with E-state index in [2.05, 4.69) is 6.58 Å². The highest BCUT2D eigenvalue weighted by atomic mass is 35.5. The molecule has 122 valence electrons. The van der Waals surface area contributed by atoms with Gasteiger partial charge in [0, 0.05) is 16.3 Å². The lowest BCUT2D eigenvalue weighted by Gasteiger charge is -2.20. The van der Waals surface area contributed by atoms with Gasteiger partial charge >= 0.3 is 0 Å². The molecule has 0 bridgehead atoms. The van der Waals surface area contributed by atoms with Crippen LogP contribution in [0.4, 0.5) is 0 Å². The molecule has 0 saturated heterocycles. The van der Waals surface area contributed by atoms with Gasteiger partial charge in [-0.2, -0.15) is 0 Å². The summed E-state index contributed by atoms with van der Waals surface area (Å²) in [6, 6.07) is 11.5. The molecule has 0 N–H and O–H groups in total. The van der Waals surface area contributed by atoms with E-state index < -0.39 is 0 Å². The smallest absolute Gasteiger partial charge is 0.233 e. The van der Waals surface area contributed by atoms with Gasteiger partial charge in [-0.15, -0.1) is 29.7 Å². The van der Waals surface area contributed by atoms with Gasteiger partial charge in [-0.25, -0.2) is 0 Å². The molecule has 0 unspecified atom stereocenters. The number of amides is 1. The molecule has 1 aromatic carbocycles. The standard InChI is InChI=1S/C17H18ClNO2S2/c1-3-10-19(11-15-8-9-16(18)23-15)17(20)12-22-14-6-4-13(21-2)5-7-14/h3-9H,1,10-12H2,2H3. The number of rotatable bonds is 8. The van der Waals surface area contributed by atoms with Crippen LogP contribution in [0.1, 0.15) is 4.88 Å². The Morgan fingerprint density at radius 1 is 1.35 bits per heavy atom. The number of nitrogens with zero attached hydrogens (tertiary/aromatic N) is 1. The first-order valence-corrected chi connectivity index (χ1v) is 9.20. The van der Waals surface area contributed by atoms with E-state index in [-0.39, 0.29) is 5.91 Å². The SMILES string of the molecule is C=CCN(Cc1ccc(Cl)s1)C(=O)CSc1ccc(OC)cc1. The third-order valence-electron chi connectivity index (χ3n) is 3.10. The second-order valence-electron chi connectivity index (χ2n) is 4.73. The number of hydrogen-bond donors (Lipinski definition) is 0. The van der Waals surface area contributed by atoms with E-state index in [0.717, 1.165) is 19.9 Å². The summed E-state index contributed by atoms with van der Waals surface area (Å²) in [7, 11) is 1.63. The molecule has 2 rings (SSSR count). The maximum absolute atomic E-state index is 12.4. The molecule has 0 spiro atoms. The molecule has 0 atom stereocenters. The zero-order valence-electron chi connectivity index (χ0n) is 12.8. The summed E-state index contributed by atoms with van der Waals surface area (Å²) < 4.78 is 5.86. The van der Waals surface area contributed by atoms with E-state index in [9.17, 15) is 4.79 Å². The van der Waals surface area contributed by atoms with Gasteiger partial charge in [0.15, 0.2) is 0 Å². The highest BCUT2D eigenvalue weighted by Crippen LogP contribution is 2.24. The van der Waals surface area contributed by atoms with Crippen molar-refractivity contribution < 1.29 is 9.53 Å². The van der Waals surface area contributed by atoms with Crippen LogP contribution in [0.5, 0.6) is 5.75 Å². The Labute approximate surface area is 149 Å². The highest BCUT2D eigenvalue weighted by molar-refractivity contribution is 8.00. The fourth-order valence-corrected chi connectivity index (χ4v) is 3.85. The lowest BCUT2D eigenvalue weighted by molar-refractivity contribution is -0.128. The topological polar surface area (TPSA) is 29.5 Å². The van der Waals surface area contributed by atoms with Gasteiger partial charge in [-0.05, 0) is 36.4 Å². The Morgan fingerprint density at radius 3 is 2.65 bits per heavy atom. The average Bonchev–Trinajstić information content (AvgIpc) is 2.97. The number of carbonyl (C=O) groups excluding carboxylic acids is 1. The molecular weight excluding hydrogens is 350 g/mol. The number of ether oxygens (including phenoxy) is 1. The normalized spacial score (nSPS) is 10.3. The first-order chi connectivity index (χ1) is 11.1. The number of halogens is 1. The summed E-state index contributed by atoms with van der Waals surface area (Å²) >= 11 is 8.96. The van der Waals surface area contributed by atoms with Crippen molar-refractivity contribution in [1.82, 2.24) is 4.90 Å². The molecule has 1 heterocycles. The molecular formula is C17H18ClNO2S2. The van der Waals surface area contributed by atoms with Crippen LogP contribution in [0.3, 0.4) is 0 Å². The molecule has 0 fully saturated rings. The number of hydrogen-bond acceptors (Lipinski definition) is 4. The Kier molecular flexibility index (Phi) is 7.02. The lowest BCUT2D eigenvalue weighted by Crippen LogP contribution is -2.31. The van der Waals surface area contributed by atoms with Crippen LogP contribution in [0, 0.1) is 0 Å². The van der Waals surface area contributed by atoms with E-state index in [1.165, 1.54) is 23.1 Å². The number of benzene rings is 1. The van der Waals surface area contributed by atoms with Crippen molar-refractivity contribution in [3.63, 3.8) is 0 Å². The molecule has 0 aliphatic heterocycles. The maximum atomic E-state index is 12.4. The zero-order chi connectivity index (χ0) is 16.7. The molecule has 2 aromatic rings. The molecule has 6 heteroatoms. The number of carbonyl (C=O) groups is 1. The zero-order valence-corrected chi connectivity index (χ0v) is 15.2. The fraction of sp³-hybridized carbons (Fsp3) is 0.235. The summed E-state index contributed by atoms with van der Waals surface area (Å²) in [6.45, 7) is 4.82. The summed E-state index contributed by atoms with van der Waals surface area (Å²) in [6.07, 6.45) is 1.74. The number of thiophene rings is 1. The van der Waals surface area contributed by atoms with Crippen molar-refractivity contribution in [3.05, 3.63) is 58.3 Å². The molecule has 0 saturated carbocycles. The monoisotopic (exact) mass is 367 g/mol. The lowest BCUT2D eigenvalue weighted by atomic mass is 10.3. The van der Waals surface area contributed by atoms with Crippen LogP contribution in [0.25, 0.3) is 0 Å². The predicted molar refractivity (Wildman–Crippen MR) is 98.7 cm³/mol. The molecule has 0 radical (unpaired) electrons. The van der Waals surface area contributed by atoms with Gasteiger partial charge in [-0.1, -0.05) is 17.7 Å². The maximum Gasteiger partial charge on any atom is 0.233 e. The fourth-order valence-electron chi connectivity index (χ4n) is 1.94. The van der Waals surface area contributed by atoms with Gasteiger partial charge < -0.3 is 9.64 Å². The molecule has 0 aliphatic rings. The quantitative estimate of drug-likeness (QED) is 0.499. The van der Waals surface area contributed by atoms with E-state index >= 15 is 0 Å². The van der Waals surface area contributed by atoms with Gasteiger partial charge in [0.05, 0.1) is 23.7 Å². The number of thioether (sulfide) groups is 1. The molecule has 1 amide bonds. The van der Waals surface area contributed by atoms with Crippen molar-refractivity contribution in [3.8, 4) is 5.75 Å². The summed E-state index contributed by atoms with van der Waals surface area (Å²) in [5.74, 6) is 1.28.